The van der Waals surface area contributed by atoms with Crippen LogP contribution in [0.5, 0.6) is 0 Å². The lowest BCUT2D eigenvalue weighted by Crippen LogP contribution is -2.57. The number of likely N-dealkylation sites (tertiary alicyclic amines) is 1. The van der Waals surface area contributed by atoms with Gasteiger partial charge in [-0.05, 0) is 37.5 Å². The predicted octanol–water partition coefficient (Wildman–Crippen LogP) is 2.11. The van der Waals surface area contributed by atoms with Crippen molar-refractivity contribution in [2.75, 3.05) is 32.7 Å². The second kappa shape index (κ2) is 8.19. The number of nitrogens with zero attached hydrogens (tertiary/aromatic N) is 2. The summed E-state index contributed by atoms with van der Waals surface area (Å²) in [6, 6.07) is 5.56. The molecule has 1 unspecified atom stereocenters. The standard InChI is InChI=1S/C17H22ClN3O2.ClH/c1-12-4-5-13(9-15(12)18)17(23)20-7-2-3-14(11-20)21-8-6-19-10-16(21)22;/h4-5,9,14,19H,2-3,6-8,10-11H2,1H3;1H. The molecule has 0 bridgehead atoms. The monoisotopic (exact) mass is 371 g/mol. The van der Waals surface area contributed by atoms with Gasteiger partial charge in [-0.25, -0.2) is 0 Å². The van der Waals surface area contributed by atoms with Gasteiger partial charge in [0.1, 0.15) is 0 Å². The van der Waals surface area contributed by atoms with Crippen LogP contribution in [-0.4, -0.2) is 60.4 Å². The van der Waals surface area contributed by atoms with Crippen molar-refractivity contribution in [2.45, 2.75) is 25.8 Å². The first-order valence-electron chi connectivity index (χ1n) is 8.12. The zero-order chi connectivity index (χ0) is 16.4. The molecule has 0 radical (unpaired) electrons. The van der Waals surface area contributed by atoms with E-state index in [9.17, 15) is 9.59 Å². The van der Waals surface area contributed by atoms with Gasteiger partial charge in [0.05, 0.1) is 6.54 Å². The van der Waals surface area contributed by atoms with E-state index in [0.717, 1.165) is 38.0 Å². The first-order chi connectivity index (χ1) is 11.1. The van der Waals surface area contributed by atoms with E-state index in [4.69, 9.17) is 11.6 Å². The molecule has 2 aliphatic heterocycles. The van der Waals surface area contributed by atoms with E-state index >= 15 is 0 Å². The average Bonchev–Trinajstić information content (AvgIpc) is 2.57. The third kappa shape index (κ3) is 4.02. The van der Waals surface area contributed by atoms with Crippen molar-refractivity contribution >= 4 is 35.8 Å². The van der Waals surface area contributed by atoms with Crippen molar-refractivity contribution in [3.8, 4) is 0 Å². The number of carbonyl (C=O) groups excluding carboxylic acids is 2. The Balaban J connectivity index is 0.00000208. The van der Waals surface area contributed by atoms with Crippen LogP contribution < -0.4 is 5.32 Å². The van der Waals surface area contributed by atoms with Crippen LogP contribution in [0.2, 0.25) is 5.02 Å². The largest absolute Gasteiger partial charge is 0.337 e. The molecule has 1 aromatic carbocycles. The van der Waals surface area contributed by atoms with Crippen molar-refractivity contribution in [3.05, 3.63) is 34.3 Å². The number of aryl methyl sites for hydroxylation is 1. The van der Waals surface area contributed by atoms with E-state index < -0.39 is 0 Å². The fourth-order valence-electron chi connectivity index (χ4n) is 3.31. The molecular weight excluding hydrogens is 349 g/mol. The SMILES string of the molecule is Cc1ccc(C(=O)N2CCCC(N3CCNCC3=O)C2)cc1Cl.Cl. The number of amides is 2. The lowest BCUT2D eigenvalue weighted by atomic mass is 10.0. The first kappa shape index (κ1) is 19.0. The van der Waals surface area contributed by atoms with Crippen LogP contribution in [0.3, 0.4) is 0 Å². The molecule has 2 amide bonds. The van der Waals surface area contributed by atoms with Crippen molar-refractivity contribution in [1.82, 2.24) is 15.1 Å². The van der Waals surface area contributed by atoms with Crippen molar-refractivity contribution in [2.24, 2.45) is 0 Å². The van der Waals surface area contributed by atoms with E-state index in [1.807, 2.05) is 28.9 Å². The summed E-state index contributed by atoms with van der Waals surface area (Å²) < 4.78 is 0. The van der Waals surface area contributed by atoms with Crippen molar-refractivity contribution in [1.29, 1.82) is 0 Å². The number of hydrogen-bond donors (Lipinski definition) is 1. The molecule has 1 N–H and O–H groups in total. The van der Waals surface area contributed by atoms with Gasteiger partial charge in [-0.1, -0.05) is 17.7 Å². The summed E-state index contributed by atoms with van der Waals surface area (Å²) in [6.45, 7) is 5.21. The summed E-state index contributed by atoms with van der Waals surface area (Å²) in [5.74, 6) is 0.133. The minimum Gasteiger partial charge on any atom is -0.337 e. The molecule has 1 atom stereocenters. The lowest BCUT2D eigenvalue weighted by Gasteiger charge is -2.41. The van der Waals surface area contributed by atoms with E-state index in [1.165, 1.54) is 0 Å². The topological polar surface area (TPSA) is 52.7 Å². The minimum atomic E-state index is -0.000756. The van der Waals surface area contributed by atoms with Gasteiger partial charge < -0.3 is 15.1 Å². The van der Waals surface area contributed by atoms with E-state index in [-0.39, 0.29) is 30.3 Å². The normalized spacial score (nSPS) is 21.4. The van der Waals surface area contributed by atoms with Crippen molar-refractivity contribution < 1.29 is 9.59 Å². The summed E-state index contributed by atoms with van der Waals surface area (Å²) in [7, 11) is 0. The third-order valence-corrected chi connectivity index (χ3v) is 5.08. The Morgan fingerprint density at radius 3 is 2.83 bits per heavy atom. The molecule has 2 heterocycles. The smallest absolute Gasteiger partial charge is 0.253 e. The van der Waals surface area contributed by atoms with E-state index in [0.29, 0.717) is 23.7 Å². The maximum atomic E-state index is 12.7. The molecule has 0 saturated carbocycles. The first-order valence-corrected chi connectivity index (χ1v) is 8.49. The van der Waals surface area contributed by atoms with Crippen molar-refractivity contribution in [3.63, 3.8) is 0 Å². The number of halogens is 2. The highest BCUT2D eigenvalue weighted by Crippen LogP contribution is 2.22. The number of hydrogen-bond acceptors (Lipinski definition) is 3. The summed E-state index contributed by atoms with van der Waals surface area (Å²) in [5.41, 5.74) is 1.58. The molecule has 2 fully saturated rings. The highest BCUT2D eigenvalue weighted by Gasteiger charge is 2.31. The second-order valence-electron chi connectivity index (χ2n) is 6.28. The van der Waals surface area contributed by atoms with Gasteiger partial charge in [0, 0.05) is 42.8 Å². The van der Waals surface area contributed by atoms with Crippen LogP contribution in [-0.2, 0) is 4.79 Å². The molecule has 2 saturated heterocycles. The van der Waals surface area contributed by atoms with Crippen LogP contribution in [0.4, 0.5) is 0 Å². The molecule has 0 aliphatic carbocycles. The van der Waals surface area contributed by atoms with Crippen LogP contribution in [0.25, 0.3) is 0 Å². The fraction of sp³-hybridized carbons (Fsp3) is 0.529. The van der Waals surface area contributed by atoms with Gasteiger partial charge in [0.25, 0.3) is 5.91 Å². The van der Waals surface area contributed by atoms with Crippen LogP contribution in [0.1, 0.15) is 28.8 Å². The second-order valence-corrected chi connectivity index (χ2v) is 6.68. The van der Waals surface area contributed by atoms with Gasteiger partial charge in [0.2, 0.25) is 5.91 Å². The molecule has 1 aromatic rings. The molecule has 2 aliphatic rings. The Bertz CT molecular complexity index is 624. The van der Waals surface area contributed by atoms with Gasteiger partial charge in [-0.3, -0.25) is 9.59 Å². The summed E-state index contributed by atoms with van der Waals surface area (Å²) in [6.07, 6.45) is 1.89. The number of benzene rings is 1. The maximum absolute atomic E-state index is 12.7. The van der Waals surface area contributed by atoms with Crippen LogP contribution in [0, 0.1) is 6.92 Å². The number of piperidine rings is 1. The molecule has 24 heavy (non-hydrogen) atoms. The Hall–Kier alpha value is -1.30. The summed E-state index contributed by atoms with van der Waals surface area (Å²) in [4.78, 5) is 28.6. The van der Waals surface area contributed by atoms with Gasteiger partial charge in [0.15, 0.2) is 0 Å². The highest BCUT2D eigenvalue weighted by molar-refractivity contribution is 6.31. The molecule has 0 aromatic heterocycles. The number of rotatable bonds is 2. The van der Waals surface area contributed by atoms with Crippen LogP contribution >= 0.6 is 24.0 Å². The quantitative estimate of drug-likeness (QED) is 0.865. The molecule has 132 valence electrons. The zero-order valence-corrected chi connectivity index (χ0v) is 15.3. The maximum Gasteiger partial charge on any atom is 0.253 e. The molecule has 0 spiro atoms. The fourth-order valence-corrected chi connectivity index (χ4v) is 3.49. The molecular formula is C17H23Cl2N3O2. The Morgan fingerprint density at radius 2 is 2.12 bits per heavy atom. The van der Waals surface area contributed by atoms with E-state index in [2.05, 4.69) is 5.32 Å². The average molecular weight is 372 g/mol. The summed E-state index contributed by atoms with van der Waals surface area (Å²) in [5, 5.41) is 3.70. The van der Waals surface area contributed by atoms with E-state index in [1.54, 1.807) is 6.07 Å². The number of carbonyl (C=O) groups is 2. The Morgan fingerprint density at radius 1 is 1.33 bits per heavy atom. The van der Waals surface area contributed by atoms with Gasteiger partial charge in [-0.2, -0.15) is 0 Å². The lowest BCUT2D eigenvalue weighted by molar-refractivity contribution is -0.135. The number of nitrogens with one attached hydrogen (secondary N) is 1. The third-order valence-electron chi connectivity index (χ3n) is 4.67. The van der Waals surface area contributed by atoms with Crippen LogP contribution in [0.15, 0.2) is 18.2 Å². The molecule has 3 rings (SSSR count). The molecule has 7 heteroatoms. The number of piperazine rings is 1. The Kier molecular flexibility index (Phi) is 6.49. The summed E-state index contributed by atoms with van der Waals surface area (Å²) >= 11 is 6.14. The highest BCUT2D eigenvalue weighted by atomic mass is 35.5. The molecule has 5 nitrogen and oxygen atoms in total. The predicted molar refractivity (Wildman–Crippen MR) is 96.9 cm³/mol. The van der Waals surface area contributed by atoms with Gasteiger partial charge in [-0.15, -0.1) is 12.4 Å². The minimum absolute atomic E-state index is 0. The van der Waals surface area contributed by atoms with Gasteiger partial charge >= 0.3 is 0 Å². The zero-order valence-electron chi connectivity index (χ0n) is 13.8. The Labute approximate surface area is 153 Å².